The number of hydrogen-bond acceptors (Lipinski definition) is 5. The summed E-state index contributed by atoms with van der Waals surface area (Å²) in [6, 6.07) is 4.03. The number of aryl methyl sites for hydroxylation is 2. The van der Waals surface area contributed by atoms with E-state index in [2.05, 4.69) is 51.7 Å². The largest absolute Gasteiger partial charge is 0.354 e. The van der Waals surface area contributed by atoms with Gasteiger partial charge in [0, 0.05) is 42.2 Å². The maximum Gasteiger partial charge on any atom is 0.140 e. The van der Waals surface area contributed by atoms with Crippen molar-refractivity contribution in [3.63, 3.8) is 0 Å². The summed E-state index contributed by atoms with van der Waals surface area (Å²) >= 11 is 0. The van der Waals surface area contributed by atoms with Crippen LogP contribution in [0.1, 0.15) is 67.7 Å². The number of benzene rings is 1. The van der Waals surface area contributed by atoms with Crippen molar-refractivity contribution in [1.29, 1.82) is 0 Å². The van der Waals surface area contributed by atoms with Crippen LogP contribution in [0.25, 0.3) is 5.57 Å². The van der Waals surface area contributed by atoms with E-state index in [-0.39, 0.29) is 12.0 Å². The number of rotatable bonds is 5. The molecule has 0 fully saturated rings. The van der Waals surface area contributed by atoms with Crippen molar-refractivity contribution in [1.82, 2.24) is 19.9 Å². The Morgan fingerprint density at radius 3 is 2.42 bits per heavy atom. The molecule has 7 heteroatoms. The third-order valence-electron chi connectivity index (χ3n) is 6.24. The molecule has 2 aromatic heterocycles. The van der Waals surface area contributed by atoms with Gasteiger partial charge in [0.2, 0.25) is 0 Å². The Bertz CT molecular complexity index is 1150. The highest BCUT2D eigenvalue weighted by molar-refractivity contribution is 5.86. The molecule has 1 atom stereocenters. The molecule has 33 heavy (non-hydrogen) atoms. The number of fused-ring (bicyclic) bond motifs is 1. The van der Waals surface area contributed by atoms with Gasteiger partial charge in [-0.2, -0.15) is 0 Å². The van der Waals surface area contributed by atoms with Crippen molar-refractivity contribution >= 4 is 11.4 Å². The zero-order chi connectivity index (χ0) is 23.5. The number of halogens is 2. The van der Waals surface area contributed by atoms with Crippen molar-refractivity contribution in [2.24, 2.45) is 0 Å². The van der Waals surface area contributed by atoms with Gasteiger partial charge in [0.05, 0.1) is 17.1 Å². The van der Waals surface area contributed by atoms with Crippen molar-refractivity contribution < 1.29 is 8.78 Å². The molecule has 1 aliphatic carbocycles. The van der Waals surface area contributed by atoms with Gasteiger partial charge < -0.3 is 4.90 Å². The number of nitrogens with zero attached hydrogens (tertiary/aromatic N) is 5. The molecule has 3 aromatic rings. The summed E-state index contributed by atoms with van der Waals surface area (Å²) in [5, 5.41) is 0. The number of allylic oxidation sites excluding steroid dienone is 1. The van der Waals surface area contributed by atoms with E-state index >= 15 is 0 Å². The van der Waals surface area contributed by atoms with Crippen LogP contribution in [0, 0.1) is 18.6 Å². The molecule has 172 valence electrons. The van der Waals surface area contributed by atoms with E-state index in [1.54, 1.807) is 18.7 Å². The van der Waals surface area contributed by atoms with E-state index in [9.17, 15) is 8.78 Å². The highest BCUT2D eigenvalue weighted by Crippen LogP contribution is 2.39. The van der Waals surface area contributed by atoms with E-state index in [0.717, 1.165) is 53.1 Å². The molecule has 0 radical (unpaired) electrons. The fourth-order valence-corrected chi connectivity index (χ4v) is 4.65. The Hall–Kier alpha value is -3.22. The third-order valence-corrected chi connectivity index (χ3v) is 6.24. The van der Waals surface area contributed by atoms with Crippen LogP contribution in [-0.4, -0.2) is 32.5 Å². The van der Waals surface area contributed by atoms with Crippen molar-refractivity contribution in [3.05, 3.63) is 82.8 Å². The Morgan fingerprint density at radius 1 is 1.03 bits per heavy atom. The lowest BCUT2D eigenvalue weighted by molar-refractivity contribution is 0.562. The van der Waals surface area contributed by atoms with Gasteiger partial charge in [-0.25, -0.2) is 18.7 Å². The molecule has 0 saturated carbocycles. The Labute approximate surface area is 193 Å². The molecule has 2 heterocycles. The second kappa shape index (κ2) is 9.73. The summed E-state index contributed by atoms with van der Waals surface area (Å²) in [5.74, 6) is -0.270. The maximum atomic E-state index is 14.0. The summed E-state index contributed by atoms with van der Waals surface area (Å²) in [6.45, 7) is 9.14. The third kappa shape index (κ3) is 4.77. The predicted molar refractivity (Wildman–Crippen MR) is 126 cm³/mol. The minimum atomic E-state index is -0.554. The van der Waals surface area contributed by atoms with Crippen LogP contribution in [0.5, 0.6) is 0 Å². The van der Waals surface area contributed by atoms with Gasteiger partial charge in [0.25, 0.3) is 0 Å². The Morgan fingerprint density at radius 2 is 1.76 bits per heavy atom. The van der Waals surface area contributed by atoms with Crippen molar-refractivity contribution in [3.8, 4) is 0 Å². The summed E-state index contributed by atoms with van der Waals surface area (Å²) in [7, 11) is 0. The molecule has 0 aliphatic heterocycles. The van der Waals surface area contributed by atoms with Crippen LogP contribution < -0.4 is 4.90 Å². The molecular formula is C26H29F2N5. The lowest BCUT2D eigenvalue weighted by Gasteiger charge is -2.31. The minimum absolute atomic E-state index is 0.0406. The van der Waals surface area contributed by atoms with Gasteiger partial charge in [-0.1, -0.05) is 6.08 Å². The van der Waals surface area contributed by atoms with E-state index in [0.29, 0.717) is 18.4 Å². The van der Waals surface area contributed by atoms with E-state index < -0.39 is 11.6 Å². The summed E-state index contributed by atoms with van der Waals surface area (Å²) in [4.78, 5) is 20.7. The highest BCUT2D eigenvalue weighted by Gasteiger charge is 2.27. The number of aromatic nitrogens is 4. The molecule has 1 aliphatic rings. The fraction of sp³-hybridized carbons (Fsp3) is 0.385. The first-order chi connectivity index (χ1) is 15.9. The monoisotopic (exact) mass is 449 g/mol. The Kier molecular flexibility index (Phi) is 6.77. The molecule has 0 N–H and O–H groups in total. The zero-order valence-electron chi connectivity index (χ0n) is 19.5. The van der Waals surface area contributed by atoms with Crippen LogP contribution in [0.3, 0.4) is 0 Å². The first-order valence-corrected chi connectivity index (χ1v) is 11.4. The molecule has 0 amide bonds. The van der Waals surface area contributed by atoms with Gasteiger partial charge in [-0.05, 0) is 70.6 Å². The summed E-state index contributed by atoms with van der Waals surface area (Å²) < 4.78 is 27.9. The first-order valence-electron chi connectivity index (χ1n) is 11.4. The summed E-state index contributed by atoms with van der Waals surface area (Å²) in [5.41, 5.74) is 5.06. The smallest absolute Gasteiger partial charge is 0.140 e. The quantitative estimate of drug-likeness (QED) is 0.505. The zero-order valence-corrected chi connectivity index (χ0v) is 19.5. The van der Waals surface area contributed by atoms with Crippen LogP contribution in [0.2, 0.25) is 0 Å². The molecule has 5 nitrogen and oxygen atoms in total. The van der Waals surface area contributed by atoms with E-state index in [4.69, 9.17) is 0 Å². The molecule has 0 spiro atoms. The average molecular weight is 450 g/mol. The SMILES string of the molecule is CCN(c1ncnc2c1/C(c1nccnc1C)=C\CC(c1cc(F)cc(F)c1)CC2)C(C)C. The van der Waals surface area contributed by atoms with E-state index in [1.807, 2.05) is 6.92 Å². The van der Waals surface area contributed by atoms with Gasteiger partial charge in [-0.3, -0.25) is 9.97 Å². The second-order valence-corrected chi connectivity index (χ2v) is 8.68. The van der Waals surface area contributed by atoms with Gasteiger partial charge in [-0.15, -0.1) is 0 Å². The van der Waals surface area contributed by atoms with Gasteiger partial charge in [0.1, 0.15) is 23.8 Å². The number of hydrogen-bond donors (Lipinski definition) is 0. The topological polar surface area (TPSA) is 54.8 Å². The van der Waals surface area contributed by atoms with Crippen LogP contribution >= 0.6 is 0 Å². The first kappa shape index (κ1) is 23.0. The van der Waals surface area contributed by atoms with Crippen LogP contribution in [-0.2, 0) is 6.42 Å². The Balaban J connectivity index is 1.89. The molecular weight excluding hydrogens is 420 g/mol. The molecule has 0 bridgehead atoms. The predicted octanol–water partition coefficient (Wildman–Crippen LogP) is 5.64. The maximum absolute atomic E-state index is 14.0. The molecule has 4 rings (SSSR count). The lowest BCUT2D eigenvalue weighted by Crippen LogP contribution is -2.32. The van der Waals surface area contributed by atoms with Crippen molar-refractivity contribution in [2.45, 2.75) is 58.9 Å². The highest BCUT2D eigenvalue weighted by atomic mass is 19.1. The molecule has 1 aromatic carbocycles. The lowest BCUT2D eigenvalue weighted by atomic mass is 9.84. The van der Waals surface area contributed by atoms with Crippen LogP contribution in [0.4, 0.5) is 14.6 Å². The normalized spacial score (nSPS) is 17.7. The van der Waals surface area contributed by atoms with Gasteiger partial charge in [0.15, 0.2) is 0 Å². The van der Waals surface area contributed by atoms with Gasteiger partial charge >= 0.3 is 0 Å². The van der Waals surface area contributed by atoms with Crippen LogP contribution in [0.15, 0.2) is 43.0 Å². The van der Waals surface area contributed by atoms with E-state index in [1.165, 1.54) is 12.1 Å². The number of anilines is 1. The standard InChI is InChI=1S/C26H29F2N5/c1-5-33(16(2)3)26-24-22(25-17(4)29-10-11-30-25)8-6-18(7-9-23(24)31-15-32-26)19-12-20(27)14-21(28)13-19/h8,10-16,18H,5-7,9H2,1-4H3/b22-8+. The minimum Gasteiger partial charge on any atom is -0.354 e. The molecule has 1 unspecified atom stereocenters. The average Bonchev–Trinajstić information content (AvgIpc) is 2.75. The second-order valence-electron chi connectivity index (χ2n) is 8.68. The molecule has 0 saturated heterocycles. The van der Waals surface area contributed by atoms with Crippen molar-refractivity contribution in [2.75, 3.05) is 11.4 Å². The fourth-order valence-electron chi connectivity index (χ4n) is 4.65. The summed E-state index contributed by atoms with van der Waals surface area (Å²) in [6.07, 6.45) is 9.10.